The van der Waals surface area contributed by atoms with Gasteiger partial charge in [-0.2, -0.15) is 0 Å². The number of pyridine rings is 1. The van der Waals surface area contributed by atoms with Crippen molar-refractivity contribution in [2.45, 2.75) is 0 Å². The van der Waals surface area contributed by atoms with Crippen LogP contribution in [0, 0.1) is 0 Å². The van der Waals surface area contributed by atoms with Crippen LogP contribution in [0.4, 0.5) is 0 Å². The summed E-state index contributed by atoms with van der Waals surface area (Å²) in [4.78, 5) is 14.3. The van der Waals surface area contributed by atoms with Crippen LogP contribution in [0.1, 0.15) is 0 Å². The number of hydrogen-bond acceptors (Lipinski definition) is 5. The van der Waals surface area contributed by atoms with E-state index >= 15 is 0 Å². The molecule has 4 aromatic heterocycles. The highest BCUT2D eigenvalue weighted by atomic mass is 32.1. The molecule has 0 aliphatic heterocycles. The molecule has 0 amide bonds. The number of hydrogen-bond donors (Lipinski definition) is 0. The maximum atomic E-state index is 6.70. The molecule has 11 rings (SSSR count). The van der Waals surface area contributed by atoms with Gasteiger partial charge in [0.15, 0.2) is 5.82 Å². The van der Waals surface area contributed by atoms with Gasteiger partial charge in [-0.05, 0) is 70.3 Å². The van der Waals surface area contributed by atoms with Crippen LogP contribution in [-0.2, 0) is 0 Å². The van der Waals surface area contributed by atoms with Crippen molar-refractivity contribution in [3.63, 3.8) is 0 Å². The van der Waals surface area contributed by atoms with Gasteiger partial charge in [0.25, 0.3) is 0 Å². The van der Waals surface area contributed by atoms with E-state index in [0.717, 1.165) is 72.3 Å². The number of thiophene rings is 1. The highest BCUT2D eigenvalue weighted by Crippen LogP contribution is 2.44. The Morgan fingerprint density at radius 2 is 0.982 bits per heavy atom. The van der Waals surface area contributed by atoms with Crippen LogP contribution in [-0.4, -0.2) is 15.0 Å². The molecule has 0 bridgehead atoms. The predicted molar refractivity (Wildman–Crippen MR) is 233 cm³/mol. The fourth-order valence-electron chi connectivity index (χ4n) is 7.85. The molecule has 0 unspecified atom stereocenters. The number of nitrogens with zero attached hydrogens (tertiary/aromatic N) is 3. The van der Waals surface area contributed by atoms with Gasteiger partial charge in [0.1, 0.15) is 11.2 Å². The lowest BCUT2D eigenvalue weighted by molar-refractivity contribution is 0.670. The van der Waals surface area contributed by atoms with Gasteiger partial charge in [0.2, 0.25) is 0 Å². The molecule has 56 heavy (non-hydrogen) atoms. The Hall–Kier alpha value is -7.21. The third-order valence-electron chi connectivity index (χ3n) is 10.7. The van der Waals surface area contributed by atoms with Crippen molar-refractivity contribution in [3.8, 4) is 67.3 Å². The molecule has 11 aromatic rings. The molecule has 0 aliphatic rings. The van der Waals surface area contributed by atoms with Crippen LogP contribution in [0.25, 0.3) is 109 Å². The summed E-state index contributed by atoms with van der Waals surface area (Å²) in [5, 5.41) is 4.85. The zero-order chi connectivity index (χ0) is 37.0. The Bertz CT molecular complexity index is 3220. The van der Waals surface area contributed by atoms with Gasteiger partial charge in [-0.3, -0.25) is 4.98 Å². The van der Waals surface area contributed by atoms with E-state index in [1.807, 2.05) is 60.1 Å². The highest BCUT2D eigenvalue weighted by Gasteiger charge is 2.19. The minimum absolute atomic E-state index is 0.689. The fraction of sp³-hybridized carbons (Fsp3) is 0. The Kier molecular flexibility index (Phi) is 7.64. The molecule has 0 radical (unpaired) electrons. The number of fused-ring (bicyclic) bond motifs is 6. The molecule has 262 valence electrons. The van der Waals surface area contributed by atoms with Gasteiger partial charge in [0.05, 0.1) is 11.4 Å². The maximum Gasteiger partial charge on any atom is 0.160 e. The molecule has 0 fully saturated rings. The zero-order valence-electron chi connectivity index (χ0n) is 30.1. The van der Waals surface area contributed by atoms with Crippen molar-refractivity contribution in [3.05, 3.63) is 188 Å². The number of para-hydroxylation sites is 1. The lowest BCUT2D eigenvalue weighted by Gasteiger charge is -2.11. The number of benzene rings is 7. The van der Waals surface area contributed by atoms with Crippen molar-refractivity contribution in [1.82, 2.24) is 15.0 Å². The number of rotatable bonds is 6. The lowest BCUT2D eigenvalue weighted by atomic mass is 9.94. The lowest BCUT2D eigenvalue weighted by Crippen LogP contribution is -1.96. The summed E-state index contributed by atoms with van der Waals surface area (Å²) in [6.07, 6.45) is 3.64. The Morgan fingerprint density at radius 1 is 0.393 bits per heavy atom. The molecular weight excluding hydrogens is 703 g/mol. The van der Waals surface area contributed by atoms with E-state index in [9.17, 15) is 0 Å². The second-order valence-corrected chi connectivity index (χ2v) is 15.1. The third-order valence-corrected chi connectivity index (χ3v) is 11.8. The second-order valence-electron chi connectivity index (χ2n) is 14.0. The molecule has 0 saturated heterocycles. The number of furan rings is 1. The van der Waals surface area contributed by atoms with Crippen molar-refractivity contribution < 1.29 is 4.42 Å². The average Bonchev–Trinajstić information content (AvgIpc) is 3.85. The van der Waals surface area contributed by atoms with E-state index in [0.29, 0.717) is 5.82 Å². The topological polar surface area (TPSA) is 51.8 Å². The van der Waals surface area contributed by atoms with Crippen molar-refractivity contribution in [2.24, 2.45) is 0 Å². The molecular formula is C51H31N3OS. The molecule has 0 saturated carbocycles. The summed E-state index contributed by atoms with van der Waals surface area (Å²) >= 11 is 1.85. The van der Waals surface area contributed by atoms with Crippen LogP contribution in [0.5, 0.6) is 0 Å². The van der Waals surface area contributed by atoms with Crippen molar-refractivity contribution in [2.75, 3.05) is 0 Å². The molecule has 0 aliphatic carbocycles. The van der Waals surface area contributed by atoms with Crippen LogP contribution >= 0.6 is 11.3 Å². The second kappa shape index (κ2) is 13.3. The van der Waals surface area contributed by atoms with E-state index in [1.54, 1.807) is 0 Å². The molecule has 0 spiro atoms. The van der Waals surface area contributed by atoms with Crippen molar-refractivity contribution >= 4 is 53.4 Å². The molecule has 5 heteroatoms. The molecule has 4 nitrogen and oxygen atoms in total. The van der Waals surface area contributed by atoms with E-state index in [1.165, 1.54) is 31.3 Å². The van der Waals surface area contributed by atoms with E-state index in [-0.39, 0.29) is 0 Å². The largest absolute Gasteiger partial charge is 0.455 e. The van der Waals surface area contributed by atoms with E-state index < -0.39 is 0 Å². The Morgan fingerprint density at radius 3 is 1.75 bits per heavy atom. The summed E-state index contributed by atoms with van der Waals surface area (Å²) < 4.78 is 9.29. The van der Waals surface area contributed by atoms with Gasteiger partial charge < -0.3 is 4.42 Å². The maximum absolute atomic E-state index is 6.70. The van der Waals surface area contributed by atoms with Gasteiger partial charge in [-0.1, -0.05) is 133 Å². The smallest absolute Gasteiger partial charge is 0.160 e. The van der Waals surface area contributed by atoms with Gasteiger partial charge >= 0.3 is 0 Å². The minimum atomic E-state index is 0.689. The standard InChI is InChI=1S/C51H31N3OS/c1-2-8-37(9-3-1)51-53-44(35-18-14-32(15-19-35)33-26-28-52-29-27-33)31-45(54-51)36-20-16-34(17-21-36)40-25-24-39(49-43-11-4-6-12-46(43)55-50(40)49)38-22-23-42-41-10-5-7-13-47(41)56-48(42)30-38/h1-31H. The molecule has 4 heterocycles. The summed E-state index contributed by atoms with van der Waals surface area (Å²) in [6, 6.07) is 61.8. The molecule has 0 atom stereocenters. The first-order chi connectivity index (χ1) is 27.7. The normalized spacial score (nSPS) is 11.6. The van der Waals surface area contributed by atoms with Crippen molar-refractivity contribution in [1.29, 1.82) is 0 Å². The monoisotopic (exact) mass is 733 g/mol. The summed E-state index contributed by atoms with van der Waals surface area (Å²) in [6.45, 7) is 0. The quantitative estimate of drug-likeness (QED) is 0.171. The average molecular weight is 734 g/mol. The van der Waals surface area contributed by atoms with Crippen LogP contribution < -0.4 is 0 Å². The van der Waals surface area contributed by atoms with E-state index in [2.05, 4.69) is 145 Å². The summed E-state index contributed by atoms with van der Waals surface area (Å²) in [5.74, 6) is 0.689. The SMILES string of the molecule is c1ccc(-c2nc(-c3ccc(-c4ccncc4)cc3)cc(-c3ccc(-c4ccc(-c5ccc6c(c5)sc5ccccc56)c5c4oc4ccccc45)cc3)n2)cc1. The summed E-state index contributed by atoms with van der Waals surface area (Å²) in [7, 11) is 0. The first-order valence-electron chi connectivity index (χ1n) is 18.7. The predicted octanol–water partition coefficient (Wildman–Crippen LogP) is 14.1. The van der Waals surface area contributed by atoms with Crippen LogP contribution in [0.2, 0.25) is 0 Å². The fourth-order valence-corrected chi connectivity index (χ4v) is 8.99. The van der Waals surface area contributed by atoms with E-state index in [4.69, 9.17) is 14.4 Å². The van der Waals surface area contributed by atoms with Crippen LogP contribution in [0.15, 0.2) is 193 Å². The Labute approximate surface area is 327 Å². The first kappa shape index (κ1) is 32.2. The molecule has 7 aromatic carbocycles. The van der Waals surface area contributed by atoms with Gasteiger partial charge in [-0.25, -0.2) is 9.97 Å². The highest BCUT2D eigenvalue weighted by molar-refractivity contribution is 7.25. The number of aromatic nitrogens is 3. The van der Waals surface area contributed by atoms with Gasteiger partial charge in [-0.15, -0.1) is 11.3 Å². The third kappa shape index (κ3) is 5.56. The minimum Gasteiger partial charge on any atom is -0.455 e. The van der Waals surface area contributed by atoms with Gasteiger partial charge in [0, 0.05) is 65.6 Å². The van der Waals surface area contributed by atoms with Crippen LogP contribution in [0.3, 0.4) is 0 Å². The zero-order valence-corrected chi connectivity index (χ0v) is 30.9. The first-order valence-corrected chi connectivity index (χ1v) is 19.5. The molecule has 0 N–H and O–H groups in total. The summed E-state index contributed by atoms with van der Waals surface area (Å²) in [5.41, 5.74) is 13.2. The Balaban J connectivity index is 0.998.